The lowest BCUT2D eigenvalue weighted by Crippen LogP contribution is -2.03. The van der Waals surface area contributed by atoms with Crippen molar-refractivity contribution in [2.45, 2.75) is 6.18 Å². The molecule has 0 N–H and O–H groups in total. The Kier molecular flexibility index (Phi) is 2.22. The smallest absolute Gasteiger partial charge is 0.416 e. The van der Waals surface area contributed by atoms with Crippen LogP contribution in [0, 0.1) is 6.20 Å². The SMILES string of the molecule is FC(F)(F)c1ccc(-c2n[c]co2)cc1. The van der Waals surface area contributed by atoms with Crippen molar-refractivity contribution < 1.29 is 17.6 Å². The molecule has 0 aliphatic carbocycles. The lowest BCUT2D eigenvalue weighted by molar-refractivity contribution is -0.137. The summed E-state index contributed by atoms with van der Waals surface area (Å²) in [6.07, 6.45) is -0.641. The number of aromatic nitrogens is 1. The zero-order chi connectivity index (χ0) is 10.9. The highest BCUT2D eigenvalue weighted by Gasteiger charge is 2.30. The van der Waals surface area contributed by atoms with Gasteiger partial charge in [0.1, 0.15) is 12.5 Å². The highest BCUT2D eigenvalue weighted by atomic mass is 19.4. The zero-order valence-corrected chi connectivity index (χ0v) is 7.38. The van der Waals surface area contributed by atoms with Gasteiger partial charge in [-0.3, -0.25) is 0 Å². The van der Waals surface area contributed by atoms with Crippen LogP contribution in [0.25, 0.3) is 11.5 Å². The van der Waals surface area contributed by atoms with Gasteiger partial charge in [0.2, 0.25) is 5.89 Å². The summed E-state index contributed by atoms with van der Waals surface area (Å²) in [6, 6.07) is 4.59. The summed E-state index contributed by atoms with van der Waals surface area (Å²) in [6.45, 7) is 0. The molecule has 5 heteroatoms. The molecular weight excluding hydrogens is 207 g/mol. The van der Waals surface area contributed by atoms with Crippen LogP contribution in [0.3, 0.4) is 0 Å². The second-order valence-corrected chi connectivity index (χ2v) is 2.86. The number of benzene rings is 1. The predicted octanol–water partition coefficient (Wildman–Crippen LogP) is 3.16. The maximum atomic E-state index is 12.2. The quantitative estimate of drug-likeness (QED) is 0.725. The molecule has 2 aromatic rings. The molecule has 0 saturated carbocycles. The molecular formula is C10H5F3NO. The van der Waals surface area contributed by atoms with E-state index >= 15 is 0 Å². The van der Waals surface area contributed by atoms with Crippen LogP contribution in [0.2, 0.25) is 0 Å². The third-order valence-corrected chi connectivity index (χ3v) is 1.85. The van der Waals surface area contributed by atoms with Crippen molar-refractivity contribution in [3.05, 3.63) is 42.3 Å². The predicted molar refractivity (Wildman–Crippen MR) is 45.8 cm³/mol. The van der Waals surface area contributed by atoms with Crippen molar-refractivity contribution in [3.8, 4) is 11.5 Å². The molecule has 0 bridgehead atoms. The maximum Gasteiger partial charge on any atom is 0.416 e. The van der Waals surface area contributed by atoms with Gasteiger partial charge in [-0.1, -0.05) is 0 Å². The number of rotatable bonds is 1. The molecule has 1 aromatic heterocycles. The summed E-state index contributed by atoms with van der Waals surface area (Å²) in [7, 11) is 0. The molecule has 0 aliphatic heterocycles. The number of hydrogen-bond donors (Lipinski definition) is 0. The molecule has 0 amide bonds. The minimum absolute atomic E-state index is 0.253. The van der Waals surface area contributed by atoms with Crippen LogP contribution in [0.5, 0.6) is 0 Å². The van der Waals surface area contributed by atoms with Crippen LogP contribution in [-0.2, 0) is 6.18 Å². The fraction of sp³-hybridized carbons (Fsp3) is 0.100. The van der Waals surface area contributed by atoms with E-state index in [9.17, 15) is 13.2 Å². The minimum Gasteiger partial charge on any atom is -0.444 e. The van der Waals surface area contributed by atoms with Gasteiger partial charge in [0.15, 0.2) is 0 Å². The summed E-state index contributed by atoms with van der Waals surface area (Å²) in [4.78, 5) is 3.71. The first-order chi connectivity index (χ1) is 7.07. The lowest BCUT2D eigenvalue weighted by Gasteiger charge is -2.05. The van der Waals surface area contributed by atoms with Crippen LogP contribution in [-0.4, -0.2) is 4.98 Å². The van der Waals surface area contributed by atoms with Crippen molar-refractivity contribution in [2.75, 3.05) is 0 Å². The monoisotopic (exact) mass is 212 g/mol. The van der Waals surface area contributed by atoms with Gasteiger partial charge in [0.05, 0.1) is 5.56 Å². The van der Waals surface area contributed by atoms with Crippen LogP contribution in [0.15, 0.2) is 34.9 Å². The second-order valence-electron chi connectivity index (χ2n) is 2.86. The van der Waals surface area contributed by atoms with Gasteiger partial charge >= 0.3 is 6.18 Å². The highest BCUT2D eigenvalue weighted by Crippen LogP contribution is 2.30. The molecule has 0 aliphatic rings. The minimum atomic E-state index is -4.32. The van der Waals surface area contributed by atoms with Crippen molar-refractivity contribution in [1.29, 1.82) is 0 Å². The summed E-state index contributed by atoms with van der Waals surface area (Å²) in [5.41, 5.74) is -0.203. The Morgan fingerprint density at radius 1 is 1.13 bits per heavy atom. The average molecular weight is 212 g/mol. The van der Waals surface area contributed by atoms with E-state index in [1.165, 1.54) is 18.4 Å². The topological polar surface area (TPSA) is 26.0 Å². The summed E-state index contributed by atoms with van der Waals surface area (Å²) < 4.78 is 41.5. The Bertz CT molecular complexity index is 431. The second kappa shape index (κ2) is 3.42. The highest BCUT2D eigenvalue weighted by molar-refractivity contribution is 5.53. The number of hydrogen-bond acceptors (Lipinski definition) is 2. The largest absolute Gasteiger partial charge is 0.444 e. The molecule has 0 fully saturated rings. The summed E-state index contributed by atoms with van der Waals surface area (Å²) in [5.74, 6) is 0.253. The lowest BCUT2D eigenvalue weighted by atomic mass is 10.1. The van der Waals surface area contributed by atoms with Crippen LogP contribution < -0.4 is 0 Å². The van der Waals surface area contributed by atoms with Gasteiger partial charge in [0.25, 0.3) is 0 Å². The normalized spacial score (nSPS) is 11.7. The molecule has 2 nitrogen and oxygen atoms in total. The Labute approximate surface area is 83.4 Å². The molecule has 0 spiro atoms. The zero-order valence-electron chi connectivity index (χ0n) is 7.38. The standard InChI is InChI=1S/C10H5F3NO/c11-10(12,13)8-3-1-7(2-4-8)9-14-5-6-15-9/h1-4,6H. The van der Waals surface area contributed by atoms with Crippen molar-refractivity contribution in [1.82, 2.24) is 4.98 Å². The van der Waals surface area contributed by atoms with Gasteiger partial charge in [-0.25, -0.2) is 4.98 Å². The molecule has 1 aromatic carbocycles. The summed E-state index contributed by atoms with van der Waals surface area (Å²) in [5, 5.41) is 0. The van der Waals surface area contributed by atoms with E-state index in [-0.39, 0.29) is 5.89 Å². The Morgan fingerprint density at radius 2 is 1.80 bits per heavy atom. The van der Waals surface area contributed by atoms with Crippen molar-refractivity contribution in [2.24, 2.45) is 0 Å². The first-order valence-electron chi connectivity index (χ1n) is 4.06. The fourth-order valence-electron chi connectivity index (χ4n) is 1.13. The number of alkyl halides is 3. The van der Waals surface area contributed by atoms with Gasteiger partial charge in [0, 0.05) is 5.56 Å². The van der Waals surface area contributed by atoms with Crippen LogP contribution in [0.4, 0.5) is 13.2 Å². The Balaban J connectivity index is 2.33. The van der Waals surface area contributed by atoms with E-state index < -0.39 is 11.7 Å². The number of nitrogens with zero attached hydrogens (tertiary/aromatic N) is 1. The van der Waals surface area contributed by atoms with E-state index in [0.29, 0.717) is 5.56 Å². The number of halogens is 3. The third kappa shape index (κ3) is 2.01. The van der Waals surface area contributed by atoms with Crippen LogP contribution in [0.1, 0.15) is 5.56 Å². The van der Waals surface area contributed by atoms with Gasteiger partial charge < -0.3 is 4.42 Å². The molecule has 0 unspecified atom stereocenters. The molecule has 1 heterocycles. The van der Waals surface area contributed by atoms with E-state index in [1.807, 2.05) is 0 Å². The molecule has 0 saturated heterocycles. The van der Waals surface area contributed by atoms with Gasteiger partial charge in [-0.15, -0.1) is 0 Å². The van der Waals surface area contributed by atoms with Crippen molar-refractivity contribution >= 4 is 0 Å². The van der Waals surface area contributed by atoms with Gasteiger partial charge in [-0.2, -0.15) is 13.2 Å². The molecule has 77 valence electrons. The average Bonchev–Trinajstić information content (AvgIpc) is 2.69. The fourth-order valence-corrected chi connectivity index (χ4v) is 1.13. The van der Waals surface area contributed by atoms with Gasteiger partial charge in [-0.05, 0) is 24.3 Å². The van der Waals surface area contributed by atoms with E-state index in [2.05, 4.69) is 11.2 Å². The van der Waals surface area contributed by atoms with E-state index in [0.717, 1.165) is 12.1 Å². The first kappa shape index (κ1) is 9.76. The Hall–Kier alpha value is -1.78. The van der Waals surface area contributed by atoms with E-state index in [4.69, 9.17) is 4.42 Å². The molecule has 2 rings (SSSR count). The van der Waals surface area contributed by atoms with Crippen LogP contribution >= 0.6 is 0 Å². The van der Waals surface area contributed by atoms with Crippen molar-refractivity contribution in [3.63, 3.8) is 0 Å². The molecule has 15 heavy (non-hydrogen) atoms. The third-order valence-electron chi connectivity index (χ3n) is 1.85. The number of oxazole rings is 1. The molecule has 1 radical (unpaired) electrons. The van der Waals surface area contributed by atoms with E-state index in [1.54, 1.807) is 0 Å². The Morgan fingerprint density at radius 3 is 2.27 bits per heavy atom. The first-order valence-corrected chi connectivity index (χ1v) is 4.06. The maximum absolute atomic E-state index is 12.2. The molecule has 0 atom stereocenters. The summed E-state index contributed by atoms with van der Waals surface area (Å²) >= 11 is 0.